The van der Waals surface area contributed by atoms with Crippen LogP contribution in [-0.2, 0) is 14.4 Å². The number of hydrogen-bond donors (Lipinski definition) is 1. The van der Waals surface area contributed by atoms with Crippen LogP contribution in [0.15, 0.2) is 35.9 Å². The topological polar surface area (TPSA) is 81.7 Å². The highest BCUT2D eigenvalue weighted by Crippen LogP contribution is 2.75. The van der Waals surface area contributed by atoms with E-state index in [0.29, 0.717) is 23.2 Å². The fourth-order valence-corrected chi connectivity index (χ4v) is 11.7. The van der Waals surface area contributed by atoms with E-state index in [4.69, 9.17) is 9.47 Å². The van der Waals surface area contributed by atoms with Gasteiger partial charge in [0.05, 0.1) is 0 Å². The summed E-state index contributed by atoms with van der Waals surface area (Å²) in [7, 11) is 0. The van der Waals surface area contributed by atoms with Crippen LogP contribution < -0.4 is 14.8 Å². The molecule has 0 spiro atoms. The van der Waals surface area contributed by atoms with Crippen molar-refractivity contribution in [1.82, 2.24) is 5.32 Å². The minimum absolute atomic E-state index is 0.00255. The van der Waals surface area contributed by atoms with Gasteiger partial charge in [-0.2, -0.15) is 0 Å². The van der Waals surface area contributed by atoms with E-state index < -0.39 is 11.4 Å². The van der Waals surface area contributed by atoms with E-state index in [2.05, 4.69) is 59.9 Å². The highest BCUT2D eigenvalue weighted by molar-refractivity contribution is 5.95. The van der Waals surface area contributed by atoms with E-state index in [1.54, 1.807) is 24.3 Å². The first-order valence-corrected chi connectivity index (χ1v) is 17.4. The number of benzene rings is 1. The van der Waals surface area contributed by atoms with Crippen LogP contribution in [0.4, 0.5) is 0 Å². The summed E-state index contributed by atoms with van der Waals surface area (Å²) in [6.07, 6.45) is 12.9. The SMILES string of the molecule is CC(=O)Oc1cccc(OCNC(=O)C2(C)CC[C@]3(C)CC[C@]4(C)C(=CC(=O)[C@@H]5[C@@]6(C)CCCC(C)(C)C6CC[C@]54C)[C@H]3C2)c1. The van der Waals surface area contributed by atoms with Crippen LogP contribution >= 0.6 is 0 Å². The molecule has 6 rings (SSSR count). The fraction of sp³-hybridized carbons (Fsp3) is 0.718. The van der Waals surface area contributed by atoms with Gasteiger partial charge in [-0.25, -0.2) is 0 Å². The lowest BCUT2D eigenvalue weighted by atomic mass is 9.33. The van der Waals surface area contributed by atoms with E-state index in [1.807, 2.05) is 0 Å². The number of rotatable bonds is 5. The number of amides is 1. The maximum absolute atomic E-state index is 14.5. The lowest BCUT2D eigenvalue weighted by Crippen LogP contribution is -2.65. The predicted molar refractivity (Wildman–Crippen MR) is 175 cm³/mol. The lowest BCUT2D eigenvalue weighted by molar-refractivity contribution is -0.185. The van der Waals surface area contributed by atoms with Gasteiger partial charge >= 0.3 is 5.97 Å². The van der Waals surface area contributed by atoms with Crippen LogP contribution in [0.1, 0.15) is 120 Å². The van der Waals surface area contributed by atoms with Crippen LogP contribution in [0.2, 0.25) is 0 Å². The molecule has 6 heteroatoms. The van der Waals surface area contributed by atoms with Gasteiger partial charge in [-0.1, -0.05) is 66.5 Å². The minimum atomic E-state index is -0.552. The third-order valence-corrected chi connectivity index (χ3v) is 14.4. The van der Waals surface area contributed by atoms with Crippen molar-refractivity contribution in [3.63, 3.8) is 0 Å². The Morgan fingerprint density at radius 2 is 1.62 bits per heavy atom. The van der Waals surface area contributed by atoms with Gasteiger partial charge in [0, 0.05) is 24.3 Å². The summed E-state index contributed by atoms with van der Waals surface area (Å²) in [5.41, 5.74) is 1.08. The van der Waals surface area contributed by atoms with Crippen LogP contribution in [0, 0.1) is 50.2 Å². The summed E-state index contributed by atoms with van der Waals surface area (Å²) < 4.78 is 11.0. The number of allylic oxidation sites excluding steroid dienone is 2. The monoisotopic (exact) mass is 617 g/mol. The van der Waals surface area contributed by atoms with Crippen LogP contribution in [0.25, 0.3) is 0 Å². The number of hydrogen-bond acceptors (Lipinski definition) is 5. The van der Waals surface area contributed by atoms with Gasteiger partial charge < -0.3 is 14.8 Å². The summed E-state index contributed by atoms with van der Waals surface area (Å²) >= 11 is 0. The van der Waals surface area contributed by atoms with Crippen LogP contribution in [0.5, 0.6) is 11.5 Å². The Balaban J connectivity index is 1.24. The molecule has 5 aliphatic rings. The Bertz CT molecular complexity index is 1430. The zero-order chi connectivity index (χ0) is 32.6. The average Bonchev–Trinajstić information content (AvgIpc) is 2.94. The first kappa shape index (κ1) is 32.3. The van der Waals surface area contributed by atoms with Crippen molar-refractivity contribution in [2.24, 2.45) is 50.2 Å². The summed E-state index contributed by atoms with van der Waals surface area (Å²) in [6.45, 7) is 18.2. The average molecular weight is 618 g/mol. The van der Waals surface area contributed by atoms with Gasteiger partial charge in [-0.15, -0.1) is 0 Å². The molecule has 1 aromatic rings. The second kappa shape index (κ2) is 10.7. The molecule has 246 valence electrons. The van der Waals surface area contributed by atoms with Crippen molar-refractivity contribution in [3.05, 3.63) is 35.9 Å². The second-order valence-corrected chi connectivity index (χ2v) is 17.5. The number of ketones is 1. The molecular weight excluding hydrogens is 562 g/mol. The molecular formula is C39H55NO5. The van der Waals surface area contributed by atoms with Crippen molar-refractivity contribution in [1.29, 1.82) is 0 Å². The number of carbonyl (C=O) groups is 3. The van der Waals surface area contributed by atoms with Crippen LogP contribution in [-0.4, -0.2) is 24.4 Å². The van der Waals surface area contributed by atoms with E-state index in [0.717, 1.165) is 44.9 Å². The molecule has 45 heavy (non-hydrogen) atoms. The Morgan fingerprint density at radius 1 is 0.911 bits per heavy atom. The van der Waals surface area contributed by atoms with Gasteiger partial charge in [-0.3, -0.25) is 14.4 Å². The molecule has 8 atom stereocenters. The molecule has 2 unspecified atom stereocenters. The fourth-order valence-electron chi connectivity index (χ4n) is 11.7. The van der Waals surface area contributed by atoms with Crippen molar-refractivity contribution < 1.29 is 23.9 Å². The number of esters is 1. The van der Waals surface area contributed by atoms with Crippen molar-refractivity contribution >= 4 is 17.7 Å². The molecule has 0 aromatic heterocycles. The summed E-state index contributed by atoms with van der Waals surface area (Å²) in [4.78, 5) is 39.7. The summed E-state index contributed by atoms with van der Waals surface area (Å²) in [5.74, 6) is 1.76. The molecule has 0 heterocycles. The van der Waals surface area contributed by atoms with Gasteiger partial charge in [0.1, 0.15) is 11.5 Å². The molecule has 4 fully saturated rings. The van der Waals surface area contributed by atoms with Gasteiger partial charge in [0.25, 0.3) is 0 Å². The van der Waals surface area contributed by atoms with Crippen molar-refractivity contribution in [2.45, 2.75) is 120 Å². The molecule has 1 N–H and O–H groups in total. The van der Waals surface area contributed by atoms with Gasteiger partial charge in [0.2, 0.25) is 5.91 Å². The molecule has 5 aliphatic carbocycles. The highest BCUT2D eigenvalue weighted by atomic mass is 16.5. The summed E-state index contributed by atoms with van der Waals surface area (Å²) in [5, 5.41) is 3.04. The molecule has 0 aliphatic heterocycles. The van der Waals surface area contributed by atoms with Gasteiger partial charge in [-0.05, 0) is 115 Å². The number of carbonyl (C=O) groups excluding carboxylic acids is 3. The Morgan fingerprint density at radius 3 is 2.36 bits per heavy atom. The Labute approximate surface area is 270 Å². The van der Waals surface area contributed by atoms with Crippen molar-refractivity contribution in [3.8, 4) is 11.5 Å². The zero-order valence-electron chi connectivity index (χ0n) is 28.9. The molecule has 0 radical (unpaired) electrons. The minimum Gasteiger partial charge on any atom is -0.473 e. The Hall–Kier alpha value is -2.63. The second-order valence-electron chi connectivity index (χ2n) is 17.5. The van der Waals surface area contributed by atoms with Gasteiger partial charge in [0.15, 0.2) is 12.5 Å². The molecule has 6 nitrogen and oxygen atoms in total. The normalized spacial score (nSPS) is 41.7. The Kier molecular flexibility index (Phi) is 7.69. The van der Waals surface area contributed by atoms with Crippen molar-refractivity contribution in [2.75, 3.05) is 6.73 Å². The molecule has 4 saturated carbocycles. The highest BCUT2D eigenvalue weighted by Gasteiger charge is 2.69. The third kappa shape index (κ3) is 4.99. The quantitative estimate of drug-likeness (QED) is 0.204. The third-order valence-electron chi connectivity index (χ3n) is 14.4. The number of fused-ring (bicyclic) bond motifs is 7. The standard InChI is InChI=1S/C39H55NO5/c1-25(41)45-27-12-9-11-26(21-27)44-24-40-33(43)36(5)18-17-35(4)19-20-38(7)28(29(35)23-36)22-30(42)32-37(6)15-10-14-34(2,3)31(37)13-16-39(32,38)8/h9,11-12,21-22,29,31-32H,10,13-20,23-24H2,1-8H3,(H,40,43)/t29-,31?,32-,35-,36?,37+,38-,39-/m1/s1. The van der Waals surface area contributed by atoms with E-state index in [-0.39, 0.29) is 51.5 Å². The number of ether oxygens (including phenoxy) is 2. The van der Waals surface area contributed by atoms with E-state index >= 15 is 0 Å². The molecule has 1 aromatic carbocycles. The maximum atomic E-state index is 14.5. The van der Waals surface area contributed by atoms with Crippen LogP contribution in [0.3, 0.4) is 0 Å². The number of nitrogens with one attached hydrogen (secondary N) is 1. The predicted octanol–water partition coefficient (Wildman–Crippen LogP) is 8.44. The lowest BCUT2D eigenvalue weighted by Gasteiger charge is -2.70. The maximum Gasteiger partial charge on any atom is 0.308 e. The zero-order valence-corrected chi connectivity index (χ0v) is 28.9. The smallest absolute Gasteiger partial charge is 0.308 e. The summed E-state index contributed by atoms with van der Waals surface area (Å²) in [6, 6.07) is 6.87. The first-order chi connectivity index (χ1) is 21.0. The molecule has 0 saturated heterocycles. The molecule has 1 amide bonds. The largest absolute Gasteiger partial charge is 0.473 e. The van der Waals surface area contributed by atoms with E-state index in [9.17, 15) is 14.4 Å². The van der Waals surface area contributed by atoms with E-state index in [1.165, 1.54) is 31.8 Å². The molecule has 0 bridgehead atoms. The first-order valence-electron chi connectivity index (χ1n) is 17.4.